The second kappa shape index (κ2) is 11.6. The maximum Gasteiger partial charge on any atom is 0.306 e. The lowest BCUT2D eigenvalue weighted by Gasteiger charge is -2.32. The molecule has 0 fully saturated rings. The number of methoxy groups -OCH3 is 2. The van der Waals surface area contributed by atoms with Gasteiger partial charge in [-0.3, -0.25) is 19.6 Å². The van der Waals surface area contributed by atoms with Crippen molar-refractivity contribution in [1.29, 1.82) is 0 Å². The molecule has 11 heteroatoms. The molecule has 0 aromatic heterocycles. The smallest absolute Gasteiger partial charge is 0.306 e. The number of rotatable bonds is 8. The Kier molecular flexibility index (Phi) is 7.98. The van der Waals surface area contributed by atoms with E-state index >= 15 is 0 Å². The van der Waals surface area contributed by atoms with E-state index in [9.17, 15) is 18.4 Å². The summed E-state index contributed by atoms with van der Waals surface area (Å²) < 4.78 is 45.0. The van der Waals surface area contributed by atoms with Crippen LogP contribution in [-0.2, 0) is 28.9 Å². The average Bonchev–Trinajstić information content (AvgIpc) is 3.30. The number of halogens is 2. The summed E-state index contributed by atoms with van der Waals surface area (Å²) >= 11 is 0. The van der Waals surface area contributed by atoms with Crippen molar-refractivity contribution in [2.24, 2.45) is 0 Å². The molecule has 0 aliphatic carbocycles. The molecule has 2 heterocycles. The van der Waals surface area contributed by atoms with Crippen LogP contribution in [0.4, 0.5) is 25.8 Å². The number of hydrogen-bond acceptors (Lipinski definition) is 8. The number of benzene rings is 3. The first-order valence-corrected chi connectivity index (χ1v) is 13.3. The van der Waals surface area contributed by atoms with Crippen molar-refractivity contribution in [2.75, 3.05) is 44.4 Å². The number of carbonyl (C=O) groups is 2. The number of carbonyl (C=O) groups excluding carboxylic acids is 2. The number of nitrogens with zero attached hydrogens (tertiary/aromatic N) is 3. The minimum absolute atomic E-state index is 0.00854. The minimum atomic E-state index is -0.958. The molecule has 2 aliphatic rings. The molecule has 0 bridgehead atoms. The SMILES string of the molecule is CCOC(=O)CCc1cc(OC)c2c(c1)N(c1cccc3c1CCN(C(=O)c1c(F)cc(OC)cc1F)C3)NN2C. The van der Waals surface area contributed by atoms with Crippen LogP contribution in [0.25, 0.3) is 0 Å². The molecule has 0 unspecified atom stereocenters. The van der Waals surface area contributed by atoms with Crippen molar-refractivity contribution in [3.8, 4) is 11.5 Å². The van der Waals surface area contributed by atoms with Crippen molar-refractivity contribution < 1.29 is 32.6 Å². The Labute approximate surface area is 237 Å². The predicted octanol–water partition coefficient (Wildman–Crippen LogP) is 4.68. The van der Waals surface area contributed by atoms with Crippen LogP contribution in [0.15, 0.2) is 42.5 Å². The summed E-state index contributed by atoms with van der Waals surface area (Å²) in [6, 6.07) is 11.7. The van der Waals surface area contributed by atoms with E-state index in [0.29, 0.717) is 25.2 Å². The zero-order chi connectivity index (χ0) is 29.3. The molecule has 2 aliphatic heterocycles. The highest BCUT2D eigenvalue weighted by atomic mass is 19.1. The molecular weight excluding hydrogens is 534 g/mol. The lowest BCUT2D eigenvalue weighted by molar-refractivity contribution is -0.143. The van der Waals surface area contributed by atoms with Crippen LogP contribution in [0.3, 0.4) is 0 Å². The maximum absolute atomic E-state index is 14.7. The summed E-state index contributed by atoms with van der Waals surface area (Å²) in [7, 11) is 4.79. The third-order valence-corrected chi connectivity index (χ3v) is 7.32. The van der Waals surface area contributed by atoms with Gasteiger partial charge < -0.3 is 19.1 Å². The fourth-order valence-electron chi connectivity index (χ4n) is 5.38. The molecule has 5 rings (SSSR count). The quantitative estimate of drug-likeness (QED) is 0.394. The van der Waals surface area contributed by atoms with Gasteiger partial charge in [0.25, 0.3) is 5.91 Å². The van der Waals surface area contributed by atoms with Gasteiger partial charge >= 0.3 is 5.97 Å². The number of hydrazine groups is 2. The number of esters is 1. The van der Waals surface area contributed by atoms with Crippen molar-refractivity contribution >= 4 is 28.9 Å². The Morgan fingerprint density at radius 1 is 1.02 bits per heavy atom. The average molecular weight is 567 g/mol. The Morgan fingerprint density at radius 3 is 2.46 bits per heavy atom. The zero-order valence-corrected chi connectivity index (χ0v) is 23.4. The topological polar surface area (TPSA) is 83.6 Å². The van der Waals surface area contributed by atoms with E-state index in [1.54, 1.807) is 14.0 Å². The third-order valence-electron chi connectivity index (χ3n) is 7.32. The molecular formula is C30H32F2N4O5. The van der Waals surface area contributed by atoms with E-state index in [0.717, 1.165) is 45.9 Å². The Bertz CT molecular complexity index is 1470. The van der Waals surface area contributed by atoms with Crippen molar-refractivity contribution in [3.63, 3.8) is 0 Å². The molecule has 0 atom stereocenters. The Hall–Kier alpha value is -4.38. The van der Waals surface area contributed by atoms with E-state index < -0.39 is 23.1 Å². The molecule has 9 nitrogen and oxygen atoms in total. The Morgan fingerprint density at radius 2 is 1.78 bits per heavy atom. The number of amides is 1. The van der Waals surface area contributed by atoms with Gasteiger partial charge in [-0.2, -0.15) is 0 Å². The highest BCUT2D eigenvalue weighted by molar-refractivity contribution is 5.95. The van der Waals surface area contributed by atoms with E-state index in [1.165, 1.54) is 12.0 Å². The fourth-order valence-corrected chi connectivity index (χ4v) is 5.38. The van der Waals surface area contributed by atoms with Crippen molar-refractivity contribution in [1.82, 2.24) is 10.4 Å². The van der Waals surface area contributed by atoms with Gasteiger partial charge in [0.1, 0.15) is 34.4 Å². The molecule has 0 saturated carbocycles. The first kappa shape index (κ1) is 28.2. The lowest BCUT2D eigenvalue weighted by Crippen LogP contribution is -2.41. The molecule has 1 N–H and O–H groups in total. The largest absolute Gasteiger partial charge is 0.497 e. The lowest BCUT2D eigenvalue weighted by atomic mass is 9.96. The van der Waals surface area contributed by atoms with Crippen LogP contribution in [-0.4, -0.2) is 51.2 Å². The molecule has 3 aromatic carbocycles. The summed E-state index contributed by atoms with van der Waals surface area (Å²) in [5.74, 6) is -2.22. The Balaban J connectivity index is 1.44. The van der Waals surface area contributed by atoms with Crippen molar-refractivity contribution in [3.05, 3.63) is 76.4 Å². The molecule has 1 amide bonds. The maximum atomic E-state index is 14.7. The highest BCUT2D eigenvalue weighted by Crippen LogP contribution is 2.46. The van der Waals surface area contributed by atoms with Gasteiger partial charge in [0.15, 0.2) is 0 Å². The van der Waals surface area contributed by atoms with Crippen LogP contribution in [0.5, 0.6) is 11.5 Å². The predicted molar refractivity (Wildman–Crippen MR) is 149 cm³/mol. The second-order valence-corrected chi connectivity index (χ2v) is 9.82. The first-order valence-electron chi connectivity index (χ1n) is 13.3. The summed E-state index contributed by atoms with van der Waals surface area (Å²) in [6.07, 6.45) is 1.22. The van der Waals surface area contributed by atoms with Crippen LogP contribution in [0.1, 0.15) is 40.4 Å². The van der Waals surface area contributed by atoms with Gasteiger partial charge in [-0.1, -0.05) is 12.1 Å². The molecule has 0 radical (unpaired) electrons. The van der Waals surface area contributed by atoms with Crippen LogP contribution >= 0.6 is 0 Å². The van der Waals surface area contributed by atoms with Crippen molar-refractivity contribution in [2.45, 2.75) is 32.7 Å². The summed E-state index contributed by atoms with van der Waals surface area (Å²) in [5, 5.41) is 3.81. The van der Waals surface area contributed by atoms with E-state index in [1.807, 2.05) is 47.4 Å². The van der Waals surface area contributed by atoms with Gasteiger partial charge in [-0.15, -0.1) is 5.53 Å². The van der Waals surface area contributed by atoms with Gasteiger partial charge in [-0.25, -0.2) is 8.78 Å². The van der Waals surface area contributed by atoms with Gasteiger partial charge in [0, 0.05) is 38.7 Å². The molecule has 41 heavy (non-hydrogen) atoms. The van der Waals surface area contributed by atoms with Gasteiger partial charge in [-0.05, 0) is 54.7 Å². The minimum Gasteiger partial charge on any atom is -0.497 e. The molecule has 0 saturated heterocycles. The summed E-state index contributed by atoms with van der Waals surface area (Å²) in [5.41, 5.74) is 8.14. The number of aryl methyl sites for hydroxylation is 1. The zero-order valence-electron chi connectivity index (χ0n) is 23.4. The van der Waals surface area contributed by atoms with Gasteiger partial charge in [0.05, 0.1) is 32.2 Å². The summed E-state index contributed by atoms with van der Waals surface area (Å²) in [6.45, 7) is 2.60. The molecule has 0 spiro atoms. The van der Waals surface area contributed by atoms with E-state index in [-0.39, 0.29) is 31.2 Å². The monoisotopic (exact) mass is 566 g/mol. The fraction of sp³-hybridized carbons (Fsp3) is 0.333. The number of fused-ring (bicyclic) bond motifs is 2. The van der Waals surface area contributed by atoms with E-state index in [2.05, 4.69) is 5.53 Å². The normalized spacial score (nSPS) is 14.0. The standard InChI is InChI=1S/C30H32F2N4O5/c1-5-41-27(37)10-9-18-13-25-29(26(14-18)40-4)34(2)33-36(25)24-8-6-7-19-17-35(12-11-21(19)24)30(38)28-22(31)15-20(39-3)16-23(28)32/h6-8,13-16,33H,5,9-12,17H2,1-4H3. The van der Waals surface area contributed by atoms with E-state index in [4.69, 9.17) is 14.2 Å². The number of ether oxygens (including phenoxy) is 3. The first-order chi connectivity index (χ1) is 19.7. The third kappa shape index (κ3) is 5.37. The number of nitrogens with one attached hydrogen (secondary N) is 1. The number of anilines is 3. The van der Waals surface area contributed by atoms with Crippen LogP contribution in [0.2, 0.25) is 0 Å². The molecule has 216 valence electrons. The highest BCUT2D eigenvalue weighted by Gasteiger charge is 2.33. The second-order valence-electron chi connectivity index (χ2n) is 9.82. The van der Waals surface area contributed by atoms with Gasteiger partial charge in [0.2, 0.25) is 0 Å². The van der Waals surface area contributed by atoms with Crippen LogP contribution in [0, 0.1) is 11.6 Å². The number of hydrogen-bond donors (Lipinski definition) is 1. The van der Waals surface area contributed by atoms with Crippen LogP contribution < -0.4 is 25.0 Å². The summed E-state index contributed by atoms with van der Waals surface area (Å²) in [4.78, 5) is 26.6. The molecule has 3 aromatic rings.